The number of ether oxygens (including phenoxy) is 6. The minimum atomic E-state index is -1.01. The maximum absolute atomic E-state index is 12.5. The molecule has 0 unspecified atom stereocenters. The molecule has 1 saturated heterocycles. The van der Waals surface area contributed by atoms with E-state index >= 15 is 0 Å². The van der Waals surface area contributed by atoms with E-state index in [4.69, 9.17) is 28.4 Å². The molecule has 4 aliphatic carbocycles. The second-order valence-corrected chi connectivity index (χ2v) is 15.1. The zero-order valence-corrected chi connectivity index (χ0v) is 27.4. The molecule has 45 heavy (non-hydrogen) atoms. The van der Waals surface area contributed by atoms with Gasteiger partial charge in [-0.1, -0.05) is 13.8 Å². The van der Waals surface area contributed by atoms with Gasteiger partial charge in [-0.05, 0) is 87.0 Å². The van der Waals surface area contributed by atoms with Crippen molar-refractivity contribution >= 4 is 17.9 Å². The number of hydrogen-bond donors (Lipinski definition) is 2. The number of carbonyl (C=O) groups excluding carboxylic acids is 3. The summed E-state index contributed by atoms with van der Waals surface area (Å²) in [6.07, 6.45) is 3.42. The van der Waals surface area contributed by atoms with E-state index in [2.05, 4.69) is 13.8 Å². The summed E-state index contributed by atoms with van der Waals surface area (Å²) in [5.41, 5.74) is -1.63. The van der Waals surface area contributed by atoms with Crippen LogP contribution in [0.5, 0.6) is 0 Å². The molecule has 0 spiro atoms. The van der Waals surface area contributed by atoms with Crippen molar-refractivity contribution in [2.45, 2.75) is 140 Å². The molecule has 6 aliphatic rings. The number of cyclic esters (lactones) is 1. The minimum Gasteiger partial charge on any atom is -0.458 e. The smallest absolute Gasteiger partial charge is 0.331 e. The maximum atomic E-state index is 12.5. The number of carbonyl (C=O) groups is 3. The predicted octanol–water partition coefficient (Wildman–Crippen LogP) is 3.37. The number of rotatable bonds is 6. The number of aliphatic hydroxyl groups is 2. The third-order valence-corrected chi connectivity index (χ3v) is 13.0. The molecule has 252 valence electrons. The second kappa shape index (κ2) is 11.6. The summed E-state index contributed by atoms with van der Waals surface area (Å²) in [5.74, 6) is -1.01. The third kappa shape index (κ3) is 5.16. The first kappa shape index (κ1) is 32.9. The molecule has 13 atom stereocenters. The Morgan fingerprint density at radius 3 is 2.20 bits per heavy atom. The summed E-state index contributed by atoms with van der Waals surface area (Å²) >= 11 is 0. The molecular weight excluding hydrogens is 584 g/mol. The van der Waals surface area contributed by atoms with Gasteiger partial charge in [-0.2, -0.15) is 0 Å². The van der Waals surface area contributed by atoms with Crippen molar-refractivity contribution in [3.05, 3.63) is 11.6 Å². The van der Waals surface area contributed by atoms with E-state index in [0.29, 0.717) is 45.1 Å². The fourth-order valence-electron chi connectivity index (χ4n) is 10.7. The highest BCUT2D eigenvalue weighted by Gasteiger charge is 2.70. The monoisotopic (exact) mass is 634 g/mol. The molecule has 2 aliphatic heterocycles. The average molecular weight is 635 g/mol. The van der Waals surface area contributed by atoms with Gasteiger partial charge in [-0.25, -0.2) is 4.79 Å². The minimum absolute atomic E-state index is 0.0548. The van der Waals surface area contributed by atoms with Crippen molar-refractivity contribution in [3.8, 4) is 0 Å². The molecule has 0 bridgehead atoms. The summed E-state index contributed by atoms with van der Waals surface area (Å²) in [7, 11) is 1.47. The van der Waals surface area contributed by atoms with Crippen molar-refractivity contribution in [2.24, 2.45) is 28.6 Å². The second-order valence-electron chi connectivity index (χ2n) is 15.1. The SMILES string of the molecule is CO[C@@H]1[C@@H](OC(C)=O)[C@H](C)O[C@H](O[C@@H]2CC[C@]3(C)[C@@H]4CC[C@]5(C)[C@H](C6=CC(=O)OC6)CC[C@]5(O)[C@H]4CC[C@@]3(O)C2)[C@@H]1OC(C)=O. The Hall–Kier alpha value is -2.05. The number of esters is 3. The van der Waals surface area contributed by atoms with E-state index in [0.717, 1.165) is 24.8 Å². The molecular formula is C34H50O11. The molecule has 11 nitrogen and oxygen atoms in total. The fourth-order valence-corrected chi connectivity index (χ4v) is 10.7. The van der Waals surface area contributed by atoms with E-state index in [1.807, 2.05) is 0 Å². The average Bonchev–Trinajstić information content (AvgIpc) is 3.51. The van der Waals surface area contributed by atoms with Gasteiger partial charge in [0.05, 0.1) is 23.4 Å². The van der Waals surface area contributed by atoms with Crippen molar-refractivity contribution < 1.29 is 53.0 Å². The normalized spacial score (nSPS) is 49.2. The summed E-state index contributed by atoms with van der Waals surface area (Å²) < 4.78 is 34.7. The van der Waals surface area contributed by atoms with Crippen molar-refractivity contribution in [1.29, 1.82) is 0 Å². The maximum Gasteiger partial charge on any atom is 0.331 e. The van der Waals surface area contributed by atoms with E-state index in [9.17, 15) is 24.6 Å². The quantitative estimate of drug-likeness (QED) is 0.252. The van der Waals surface area contributed by atoms with Crippen LogP contribution < -0.4 is 0 Å². The van der Waals surface area contributed by atoms with Gasteiger partial charge in [-0.3, -0.25) is 9.59 Å². The van der Waals surface area contributed by atoms with Crippen molar-refractivity contribution in [3.63, 3.8) is 0 Å². The Morgan fingerprint density at radius 2 is 1.56 bits per heavy atom. The molecule has 2 N–H and O–H groups in total. The third-order valence-electron chi connectivity index (χ3n) is 13.0. The Balaban J connectivity index is 1.19. The largest absolute Gasteiger partial charge is 0.458 e. The molecule has 2 heterocycles. The lowest BCUT2D eigenvalue weighted by Crippen LogP contribution is -2.68. The lowest BCUT2D eigenvalue weighted by molar-refractivity contribution is -0.324. The van der Waals surface area contributed by atoms with E-state index < -0.39 is 59.3 Å². The van der Waals surface area contributed by atoms with E-state index in [-0.39, 0.29) is 35.2 Å². The van der Waals surface area contributed by atoms with Crippen LogP contribution in [0.25, 0.3) is 0 Å². The Morgan fingerprint density at radius 1 is 0.889 bits per heavy atom. The number of hydrogen-bond acceptors (Lipinski definition) is 11. The Labute approximate surface area is 265 Å². The van der Waals surface area contributed by atoms with Gasteiger partial charge in [0.25, 0.3) is 0 Å². The molecule has 0 aromatic heterocycles. The standard InChI is InChI=1S/C34H50O11/c1-18-27(43-19(2)35)28(40-6)29(44-20(3)36)30(42-18)45-22-7-11-31(4)24-8-12-32(5)23(21-15-26(37)41-17-21)10-14-34(32,39)25(24)9-13-33(31,38)16-22/h15,18,22-25,27-30,38-39H,7-14,16-17H2,1-6H3/t18-,22+,23-,24+,25-,27-,28+,29+,30+,31+,32+,33+,34-/m0/s1. The first-order chi connectivity index (χ1) is 21.2. The van der Waals surface area contributed by atoms with Crippen molar-refractivity contribution in [2.75, 3.05) is 13.7 Å². The van der Waals surface area contributed by atoms with Gasteiger partial charge < -0.3 is 38.6 Å². The summed E-state index contributed by atoms with van der Waals surface area (Å²) in [5, 5.41) is 24.9. The Kier molecular flexibility index (Phi) is 8.46. The molecule has 0 radical (unpaired) electrons. The van der Waals surface area contributed by atoms with Gasteiger partial charge in [0.15, 0.2) is 18.5 Å². The highest BCUT2D eigenvalue weighted by atomic mass is 16.7. The van der Waals surface area contributed by atoms with Crippen LogP contribution in [-0.4, -0.2) is 89.8 Å². The first-order valence-corrected chi connectivity index (χ1v) is 16.7. The van der Waals surface area contributed by atoms with Crippen LogP contribution in [0.1, 0.15) is 92.4 Å². The molecule has 0 aromatic carbocycles. The number of methoxy groups -OCH3 is 1. The zero-order valence-electron chi connectivity index (χ0n) is 27.4. The van der Waals surface area contributed by atoms with Gasteiger partial charge in [-0.15, -0.1) is 0 Å². The van der Waals surface area contributed by atoms with Gasteiger partial charge in [0.1, 0.15) is 12.7 Å². The van der Waals surface area contributed by atoms with Gasteiger partial charge >= 0.3 is 17.9 Å². The topological polar surface area (TPSA) is 147 Å². The molecule has 6 rings (SSSR count). The summed E-state index contributed by atoms with van der Waals surface area (Å²) in [6.45, 7) is 9.06. The molecule has 0 amide bonds. The van der Waals surface area contributed by atoms with Crippen molar-refractivity contribution in [1.82, 2.24) is 0 Å². The van der Waals surface area contributed by atoms with Gasteiger partial charge in [0, 0.05) is 38.9 Å². The number of fused-ring (bicyclic) bond motifs is 5. The van der Waals surface area contributed by atoms with Crippen LogP contribution >= 0.6 is 0 Å². The molecule has 4 saturated carbocycles. The highest BCUT2D eigenvalue weighted by Crippen LogP contribution is 2.70. The van der Waals surface area contributed by atoms with Crippen LogP contribution in [0.15, 0.2) is 11.6 Å². The van der Waals surface area contributed by atoms with E-state index in [1.165, 1.54) is 21.0 Å². The van der Waals surface area contributed by atoms with Crippen LogP contribution in [-0.2, 0) is 42.8 Å². The van der Waals surface area contributed by atoms with Crippen LogP contribution in [0, 0.1) is 28.6 Å². The molecule has 5 fully saturated rings. The predicted molar refractivity (Wildman–Crippen MR) is 158 cm³/mol. The Bertz CT molecular complexity index is 1230. The molecule has 0 aromatic rings. The van der Waals surface area contributed by atoms with Gasteiger partial charge in [0.2, 0.25) is 0 Å². The lowest BCUT2D eigenvalue weighted by atomic mass is 9.42. The van der Waals surface area contributed by atoms with Crippen LogP contribution in [0.3, 0.4) is 0 Å². The first-order valence-electron chi connectivity index (χ1n) is 16.7. The van der Waals surface area contributed by atoms with E-state index in [1.54, 1.807) is 13.0 Å². The molecule has 11 heteroatoms. The summed E-state index contributed by atoms with van der Waals surface area (Å²) in [6, 6.07) is 0. The van der Waals surface area contributed by atoms with Crippen LogP contribution in [0.4, 0.5) is 0 Å². The van der Waals surface area contributed by atoms with Crippen LogP contribution in [0.2, 0.25) is 0 Å². The summed E-state index contributed by atoms with van der Waals surface area (Å²) in [4.78, 5) is 35.8. The lowest BCUT2D eigenvalue weighted by Gasteiger charge is -2.66. The fraction of sp³-hybridized carbons (Fsp3) is 0.853. The zero-order chi connectivity index (χ0) is 32.5. The highest BCUT2D eigenvalue weighted by molar-refractivity contribution is 5.85.